The van der Waals surface area contributed by atoms with E-state index in [1.54, 1.807) is 44.2 Å². The number of halogens is 1. The molecule has 202 valence electrons. The van der Waals surface area contributed by atoms with Crippen molar-refractivity contribution in [2.75, 3.05) is 10.8 Å². The smallest absolute Gasteiger partial charge is 0.264 e. The summed E-state index contributed by atoms with van der Waals surface area (Å²) in [5.41, 5.74) is 2.61. The van der Waals surface area contributed by atoms with Crippen LogP contribution in [0, 0.1) is 19.7 Å². The highest BCUT2D eigenvalue weighted by Crippen LogP contribution is 2.28. The summed E-state index contributed by atoms with van der Waals surface area (Å²) >= 11 is 0. The molecule has 1 atom stereocenters. The molecule has 0 fully saturated rings. The van der Waals surface area contributed by atoms with E-state index in [0.717, 1.165) is 9.87 Å². The third kappa shape index (κ3) is 6.98. The summed E-state index contributed by atoms with van der Waals surface area (Å²) < 4.78 is 42.2. The van der Waals surface area contributed by atoms with E-state index < -0.39 is 34.3 Å². The summed E-state index contributed by atoms with van der Waals surface area (Å²) in [4.78, 5) is 28.1. The predicted octanol–water partition coefficient (Wildman–Crippen LogP) is 4.58. The molecular formula is C29H34FN3O4S. The molecule has 38 heavy (non-hydrogen) atoms. The molecule has 0 heterocycles. The van der Waals surface area contributed by atoms with Gasteiger partial charge in [0, 0.05) is 12.6 Å². The van der Waals surface area contributed by atoms with Crippen LogP contribution in [-0.2, 0) is 26.2 Å². The van der Waals surface area contributed by atoms with E-state index in [9.17, 15) is 22.4 Å². The van der Waals surface area contributed by atoms with Gasteiger partial charge in [0.25, 0.3) is 10.0 Å². The highest BCUT2D eigenvalue weighted by molar-refractivity contribution is 7.92. The molecule has 2 amide bonds. The molecule has 0 aliphatic carbocycles. The first-order chi connectivity index (χ1) is 17.9. The molecule has 0 aromatic heterocycles. The summed E-state index contributed by atoms with van der Waals surface area (Å²) in [5.74, 6) is -1.37. The van der Waals surface area contributed by atoms with E-state index in [0.29, 0.717) is 16.8 Å². The third-order valence-electron chi connectivity index (χ3n) is 6.10. The van der Waals surface area contributed by atoms with Crippen LogP contribution in [0.1, 0.15) is 37.5 Å². The molecule has 7 nitrogen and oxygen atoms in total. The minimum atomic E-state index is -4.13. The monoisotopic (exact) mass is 539 g/mol. The van der Waals surface area contributed by atoms with Crippen molar-refractivity contribution in [1.82, 2.24) is 10.2 Å². The minimum Gasteiger partial charge on any atom is -0.352 e. The number of benzene rings is 3. The molecular weight excluding hydrogens is 505 g/mol. The second-order valence-corrected chi connectivity index (χ2v) is 11.5. The number of hydrogen-bond donors (Lipinski definition) is 1. The van der Waals surface area contributed by atoms with Crippen molar-refractivity contribution in [1.29, 1.82) is 0 Å². The normalized spacial score (nSPS) is 12.2. The molecule has 0 bridgehead atoms. The van der Waals surface area contributed by atoms with Crippen LogP contribution in [-0.4, -0.2) is 43.8 Å². The molecule has 3 aromatic rings. The Balaban J connectivity index is 2.05. The number of nitrogens with one attached hydrogen (secondary N) is 1. The first-order valence-corrected chi connectivity index (χ1v) is 13.8. The molecule has 0 aliphatic rings. The van der Waals surface area contributed by atoms with Crippen molar-refractivity contribution >= 4 is 27.5 Å². The van der Waals surface area contributed by atoms with Crippen molar-refractivity contribution in [3.63, 3.8) is 0 Å². The molecule has 3 rings (SSSR count). The molecule has 0 spiro atoms. The lowest BCUT2D eigenvalue weighted by Crippen LogP contribution is -2.52. The van der Waals surface area contributed by atoms with Gasteiger partial charge >= 0.3 is 0 Å². The van der Waals surface area contributed by atoms with E-state index in [-0.39, 0.29) is 23.4 Å². The second-order valence-electron chi connectivity index (χ2n) is 9.60. The maximum atomic E-state index is 13.9. The maximum absolute atomic E-state index is 13.9. The number of amides is 2. The fourth-order valence-corrected chi connectivity index (χ4v) is 5.59. The van der Waals surface area contributed by atoms with Gasteiger partial charge in [-0.3, -0.25) is 13.9 Å². The van der Waals surface area contributed by atoms with Gasteiger partial charge in [-0.1, -0.05) is 48.0 Å². The first kappa shape index (κ1) is 28.8. The Labute approximate surface area is 224 Å². The SMILES string of the molecule is Cc1ccc(N(CC(=O)N(Cc2ccc(F)cc2)C(C)C(=O)NC(C)C)S(=O)(=O)c2ccccc2)c(C)c1. The van der Waals surface area contributed by atoms with Crippen LogP contribution in [0.15, 0.2) is 77.7 Å². The number of carbonyl (C=O) groups is 2. The number of carbonyl (C=O) groups excluding carboxylic acids is 2. The lowest BCUT2D eigenvalue weighted by molar-refractivity contribution is -0.139. The standard InChI is InChI=1S/C29H34FN3O4S/c1-20(2)31-29(35)23(5)32(18-24-12-14-25(30)15-13-24)28(34)19-33(27-16-11-21(3)17-22(27)4)38(36,37)26-9-7-6-8-10-26/h6-17,20,23H,18-19H2,1-5H3,(H,31,35). The molecule has 0 saturated carbocycles. The van der Waals surface area contributed by atoms with E-state index in [1.807, 2.05) is 26.8 Å². The van der Waals surface area contributed by atoms with Gasteiger partial charge in [-0.2, -0.15) is 0 Å². The lowest BCUT2D eigenvalue weighted by atomic mass is 10.1. The molecule has 0 aliphatic heterocycles. The van der Waals surface area contributed by atoms with Gasteiger partial charge in [-0.15, -0.1) is 0 Å². The van der Waals surface area contributed by atoms with Gasteiger partial charge in [0.05, 0.1) is 10.6 Å². The Morgan fingerprint density at radius 1 is 0.921 bits per heavy atom. The zero-order chi connectivity index (χ0) is 28.0. The average molecular weight is 540 g/mol. The van der Waals surface area contributed by atoms with Gasteiger partial charge in [0.1, 0.15) is 18.4 Å². The van der Waals surface area contributed by atoms with Crippen LogP contribution in [0.5, 0.6) is 0 Å². The van der Waals surface area contributed by atoms with Crippen LogP contribution in [0.3, 0.4) is 0 Å². The van der Waals surface area contributed by atoms with E-state index in [4.69, 9.17) is 0 Å². The highest BCUT2D eigenvalue weighted by atomic mass is 32.2. The van der Waals surface area contributed by atoms with E-state index in [1.165, 1.54) is 41.3 Å². The molecule has 9 heteroatoms. The molecule has 0 radical (unpaired) electrons. The summed E-state index contributed by atoms with van der Waals surface area (Å²) in [6, 6.07) is 17.8. The van der Waals surface area contributed by atoms with Crippen LogP contribution in [0.4, 0.5) is 10.1 Å². The molecule has 1 unspecified atom stereocenters. The number of rotatable bonds is 10. The maximum Gasteiger partial charge on any atom is 0.264 e. The van der Waals surface area contributed by atoms with E-state index >= 15 is 0 Å². The van der Waals surface area contributed by atoms with Crippen molar-refractivity contribution in [3.05, 3.63) is 95.3 Å². The van der Waals surface area contributed by atoms with Crippen molar-refractivity contribution in [3.8, 4) is 0 Å². The van der Waals surface area contributed by atoms with Gasteiger partial charge in [-0.25, -0.2) is 12.8 Å². The predicted molar refractivity (Wildman–Crippen MR) is 147 cm³/mol. The van der Waals surface area contributed by atoms with Crippen molar-refractivity contribution < 1.29 is 22.4 Å². The van der Waals surface area contributed by atoms with Crippen LogP contribution in [0.25, 0.3) is 0 Å². The zero-order valence-electron chi connectivity index (χ0n) is 22.3. The molecule has 3 aromatic carbocycles. The zero-order valence-corrected chi connectivity index (χ0v) is 23.1. The Kier molecular flexibility index (Phi) is 9.27. The summed E-state index contributed by atoms with van der Waals surface area (Å²) in [6.07, 6.45) is 0. The number of nitrogens with zero attached hydrogens (tertiary/aromatic N) is 2. The van der Waals surface area contributed by atoms with E-state index in [2.05, 4.69) is 5.32 Å². The summed E-state index contributed by atoms with van der Waals surface area (Å²) in [5, 5.41) is 2.80. The van der Waals surface area contributed by atoms with Crippen LogP contribution < -0.4 is 9.62 Å². The van der Waals surface area contributed by atoms with Crippen LogP contribution in [0.2, 0.25) is 0 Å². The summed E-state index contributed by atoms with van der Waals surface area (Å²) in [6.45, 7) is 8.37. The Morgan fingerprint density at radius 2 is 1.55 bits per heavy atom. The highest BCUT2D eigenvalue weighted by Gasteiger charge is 2.33. The van der Waals surface area contributed by atoms with Crippen LogP contribution >= 0.6 is 0 Å². The quantitative estimate of drug-likeness (QED) is 0.409. The Hall–Kier alpha value is -3.72. The summed E-state index contributed by atoms with van der Waals surface area (Å²) in [7, 11) is -4.13. The number of hydrogen-bond acceptors (Lipinski definition) is 4. The number of aryl methyl sites for hydroxylation is 2. The lowest BCUT2D eigenvalue weighted by Gasteiger charge is -2.32. The van der Waals surface area contributed by atoms with Gasteiger partial charge in [0.15, 0.2) is 0 Å². The van der Waals surface area contributed by atoms with Crippen molar-refractivity contribution in [2.45, 2.75) is 58.1 Å². The Bertz CT molecular complexity index is 1380. The van der Waals surface area contributed by atoms with Gasteiger partial charge in [0.2, 0.25) is 11.8 Å². The second kappa shape index (κ2) is 12.2. The largest absolute Gasteiger partial charge is 0.352 e. The average Bonchev–Trinajstić information content (AvgIpc) is 2.87. The fraction of sp³-hybridized carbons (Fsp3) is 0.310. The Morgan fingerprint density at radius 3 is 2.13 bits per heavy atom. The fourth-order valence-electron chi connectivity index (χ4n) is 4.09. The first-order valence-electron chi connectivity index (χ1n) is 12.4. The van der Waals surface area contributed by atoms with Gasteiger partial charge < -0.3 is 10.2 Å². The number of anilines is 1. The minimum absolute atomic E-state index is 0.00208. The topological polar surface area (TPSA) is 86.8 Å². The molecule has 1 N–H and O–H groups in total. The molecule has 0 saturated heterocycles. The van der Waals surface area contributed by atoms with Crippen molar-refractivity contribution in [2.24, 2.45) is 0 Å². The number of sulfonamides is 1. The van der Waals surface area contributed by atoms with Gasteiger partial charge in [-0.05, 0) is 76.1 Å². The third-order valence-corrected chi connectivity index (χ3v) is 7.87.